The summed E-state index contributed by atoms with van der Waals surface area (Å²) in [6.07, 6.45) is 3.29. The largest absolute Gasteiger partial charge is 0.463 e. The molecule has 2 unspecified atom stereocenters. The average Bonchev–Trinajstić information content (AvgIpc) is 3.68. The van der Waals surface area contributed by atoms with Crippen molar-refractivity contribution in [3.8, 4) is 0 Å². The second-order valence-electron chi connectivity index (χ2n) is 9.18. The van der Waals surface area contributed by atoms with Crippen LogP contribution in [0.15, 0.2) is 65.1 Å². The van der Waals surface area contributed by atoms with Crippen LogP contribution >= 0.6 is 10.8 Å². The fourth-order valence-corrected chi connectivity index (χ4v) is 8.02. The Balaban J connectivity index is 1.64. The van der Waals surface area contributed by atoms with Gasteiger partial charge in [-0.3, -0.25) is 9.69 Å². The van der Waals surface area contributed by atoms with Gasteiger partial charge in [-0.15, -0.1) is 0 Å². The molecule has 4 rings (SSSR count). The number of benzene rings is 2. The number of carbonyl (C=O) groups is 2. The fraction of sp³-hybridized carbons (Fsp3) is 0.407. The third-order valence-corrected chi connectivity index (χ3v) is 10.3. The topological polar surface area (TPSA) is 80.8 Å². The van der Waals surface area contributed by atoms with E-state index in [0.29, 0.717) is 24.1 Å². The van der Waals surface area contributed by atoms with Gasteiger partial charge in [0, 0.05) is 35.9 Å². The number of hydrogen-bond acceptors (Lipinski definition) is 7. The van der Waals surface area contributed by atoms with Gasteiger partial charge < -0.3 is 4.74 Å². The van der Waals surface area contributed by atoms with E-state index in [1.54, 1.807) is 49.4 Å². The van der Waals surface area contributed by atoms with Crippen LogP contribution in [0.5, 0.6) is 0 Å². The highest BCUT2D eigenvalue weighted by atomic mass is 33.1. The number of aryl methyl sites for hydroxylation is 1. The number of Topliss-reactive ketones (excluding diaryl/α,β-unsaturated/α-hetero) is 1. The maximum absolute atomic E-state index is 14.8. The highest BCUT2D eigenvalue weighted by Gasteiger charge is 2.42. The van der Waals surface area contributed by atoms with Crippen molar-refractivity contribution >= 4 is 31.4 Å². The van der Waals surface area contributed by atoms with Gasteiger partial charge in [-0.2, -0.15) is 0 Å². The first-order valence-corrected chi connectivity index (χ1v) is 15.0. The normalized spacial score (nSPS) is 20.8. The maximum atomic E-state index is 14.8. The molecule has 1 heterocycles. The molecule has 9 heteroatoms. The van der Waals surface area contributed by atoms with Crippen molar-refractivity contribution in [1.82, 2.24) is 4.90 Å². The van der Waals surface area contributed by atoms with Crippen molar-refractivity contribution in [2.24, 2.45) is 5.92 Å². The number of esters is 1. The maximum Gasteiger partial charge on any atom is 0.330 e. The SMILES string of the molecule is CCOC(=O)C=C1CN(C(C(=O)C2CC2)c2ccccc2F)CCC1SS(=O)(=O)c1ccc(C)cc1. The summed E-state index contributed by atoms with van der Waals surface area (Å²) in [5.74, 6) is -1.15. The van der Waals surface area contributed by atoms with E-state index in [1.807, 2.05) is 11.8 Å². The third kappa shape index (κ3) is 6.25. The average molecular weight is 532 g/mol. The summed E-state index contributed by atoms with van der Waals surface area (Å²) < 4.78 is 46.2. The number of ether oxygens (including phenoxy) is 1. The third-order valence-electron chi connectivity index (χ3n) is 6.43. The Kier molecular flexibility index (Phi) is 8.32. The Morgan fingerprint density at radius 3 is 2.47 bits per heavy atom. The minimum atomic E-state index is -3.70. The Morgan fingerprint density at radius 2 is 1.83 bits per heavy atom. The lowest BCUT2D eigenvalue weighted by atomic mass is 9.93. The summed E-state index contributed by atoms with van der Waals surface area (Å²) >= 11 is 0. The Labute approximate surface area is 215 Å². The van der Waals surface area contributed by atoms with Gasteiger partial charge in [0.15, 0.2) is 5.78 Å². The molecule has 2 aliphatic rings. The molecule has 1 aliphatic carbocycles. The van der Waals surface area contributed by atoms with E-state index in [9.17, 15) is 22.4 Å². The molecule has 0 aromatic heterocycles. The number of piperidine rings is 1. The van der Waals surface area contributed by atoms with E-state index in [-0.39, 0.29) is 29.7 Å². The van der Waals surface area contributed by atoms with Crippen molar-refractivity contribution in [2.45, 2.75) is 49.3 Å². The van der Waals surface area contributed by atoms with Gasteiger partial charge in [0.05, 0.1) is 17.5 Å². The highest BCUT2D eigenvalue weighted by Crippen LogP contribution is 2.41. The van der Waals surface area contributed by atoms with Gasteiger partial charge in [0.1, 0.15) is 5.82 Å². The molecule has 0 bridgehead atoms. The molecule has 0 amide bonds. The van der Waals surface area contributed by atoms with Gasteiger partial charge in [-0.25, -0.2) is 17.6 Å². The Hall–Kier alpha value is -2.49. The van der Waals surface area contributed by atoms with Crippen molar-refractivity contribution in [1.29, 1.82) is 0 Å². The van der Waals surface area contributed by atoms with Gasteiger partial charge in [0.2, 0.25) is 8.87 Å². The van der Waals surface area contributed by atoms with Crippen LogP contribution in [0.4, 0.5) is 4.39 Å². The molecular formula is C27H30FNO5S2. The van der Waals surface area contributed by atoms with Crippen molar-refractivity contribution in [2.75, 3.05) is 19.7 Å². The van der Waals surface area contributed by atoms with Gasteiger partial charge >= 0.3 is 5.97 Å². The predicted molar refractivity (Wildman–Crippen MR) is 138 cm³/mol. The predicted octanol–water partition coefficient (Wildman–Crippen LogP) is 4.84. The Morgan fingerprint density at radius 1 is 1.14 bits per heavy atom. The molecule has 2 atom stereocenters. The van der Waals surface area contributed by atoms with E-state index in [4.69, 9.17) is 4.74 Å². The number of nitrogens with zero attached hydrogens (tertiary/aromatic N) is 1. The minimum Gasteiger partial charge on any atom is -0.463 e. The zero-order chi connectivity index (χ0) is 25.9. The lowest BCUT2D eigenvalue weighted by Crippen LogP contribution is -2.43. The molecule has 2 aromatic rings. The van der Waals surface area contributed by atoms with E-state index in [2.05, 4.69) is 0 Å². The molecule has 0 radical (unpaired) electrons. The second kappa shape index (κ2) is 11.3. The molecule has 6 nitrogen and oxygen atoms in total. The molecule has 0 N–H and O–H groups in total. The number of hydrogen-bond donors (Lipinski definition) is 0. The molecule has 1 saturated heterocycles. The van der Waals surface area contributed by atoms with Crippen LogP contribution < -0.4 is 0 Å². The lowest BCUT2D eigenvalue weighted by molar-refractivity contribution is -0.137. The number of likely N-dealkylation sites (tertiary alicyclic amines) is 1. The molecule has 36 heavy (non-hydrogen) atoms. The fourth-order valence-electron chi connectivity index (χ4n) is 4.42. The summed E-state index contributed by atoms with van der Waals surface area (Å²) in [5, 5.41) is -0.505. The van der Waals surface area contributed by atoms with Crippen LogP contribution in [0.3, 0.4) is 0 Å². The first kappa shape index (κ1) is 26.6. The second-order valence-corrected chi connectivity index (χ2v) is 13.2. The standard InChI is InChI=1S/C27H30FNO5S2/c1-3-34-25(30)16-20-17-29(26(27(31)19-10-11-19)22-6-4-5-7-23(22)28)15-14-24(20)35-36(32,33)21-12-8-18(2)9-13-21/h4-9,12-13,16,19,24,26H,3,10-11,14-15,17H2,1-2H3. The summed E-state index contributed by atoms with van der Waals surface area (Å²) in [6, 6.07) is 12.1. The number of rotatable bonds is 9. The van der Waals surface area contributed by atoms with Crippen LogP contribution in [0.1, 0.15) is 43.4 Å². The lowest BCUT2D eigenvalue weighted by Gasteiger charge is -2.38. The molecule has 0 spiro atoms. The van der Waals surface area contributed by atoms with Gasteiger partial charge in [-0.1, -0.05) is 35.9 Å². The molecule has 2 fully saturated rings. The van der Waals surface area contributed by atoms with Crippen molar-refractivity contribution in [3.63, 3.8) is 0 Å². The van der Waals surface area contributed by atoms with E-state index in [0.717, 1.165) is 29.2 Å². The number of ketones is 1. The number of carbonyl (C=O) groups excluding carboxylic acids is 2. The number of halogens is 1. The summed E-state index contributed by atoms with van der Waals surface area (Å²) in [6.45, 7) is 4.31. The zero-order valence-corrected chi connectivity index (χ0v) is 22.0. The first-order chi connectivity index (χ1) is 17.2. The van der Waals surface area contributed by atoms with Crippen LogP contribution in [0.25, 0.3) is 0 Å². The first-order valence-electron chi connectivity index (χ1n) is 12.1. The summed E-state index contributed by atoms with van der Waals surface area (Å²) in [4.78, 5) is 27.7. The van der Waals surface area contributed by atoms with Crippen LogP contribution in [0.2, 0.25) is 0 Å². The zero-order valence-electron chi connectivity index (χ0n) is 20.4. The van der Waals surface area contributed by atoms with Crippen LogP contribution in [0, 0.1) is 18.7 Å². The van der Waals surface area contributed by atoms with E-state index < -0.39 is 31.9 Å². The molecule has 1 aliphatic heterocycles. The van der Waals surface area contributed by atoms with Crippen LogP contribution in [-0.2, 0) is 23.2 Å². The summed E-state index contributed by atoms with van der Waals surface area (Å²) in [5.41, 5.74) is 1.81. The Bertz CT molecular complexity index is 1260. The molecule has 2 aromatic carbocycles. The van der Waals surface area contributed by atoms with Crippen molar-refractivity contribution < 1.29 is 27.1 Å². The van der Waals surface area contributed by atoms with Gasteiger partial charge in [0.25, 0.3) is 0 Å². The van der Waals surface area contributed by atoms with E-state index in [1.165, 1.54) is 12.1 Å². The van der Waals surface area contributed by atoms with Crippen molar-refractivity contribution in [3.05, 3.63) is 77.1 Å². The monoisotopic (exact) mass is 531 g/mol. The molecule has 1 saturated carbocycles. The van der Waals surface area contributed by atoms with Gasteiger partial charge in [-0.05, 0) is 67.7 Å². The minimum absolute atomic E-state index is 0.0334. The quantitative estimate of drug-likeness (QED) is 0.260. The molecular weight excluding hydrogens is 501 g/mol. The highest BCUT2D eigenvalue weighted by molar-refractivity contribution is 8.72. The smallest absolute Gasteiger partial charge is 0.330 e. The summed E-state index contributed by atoms with van der Waals surface area (Å²) in [7, 11) is -2.90. The van der Waals surface area contributed by atoms with E-state index >= 15 is 0 Å². The molecule has 192 valence electrons. The van der Waals surface area contributed by atoms with Crippen LogP contribution in [-0.4, -0.2) is 50.0 Å².